The van der Waals surface area contributed by atoms with Crippen LogP contribution in [0.1, 0.15) is 20.3 Å². The normalized spacial score (nSPS) is 22.6. The summed E-state index contributed by atoms with van der Waals surface area (Å²) in [5.74, 6) is 0.919. The van der Waals surface area contributed by atoms with Crippen molar-refractivity contribution in [2.45, 2.75) is 32.0 Å². The molecule has 1 unspecified atom stereocenters. The molecule has 0 radical (unpaired) electrons. The lowest BCUT2D eigenvalue weighted by molar-refractivity contribution is -0.149. The molecule has 0 aliphatic carbocycles. The minimum Gasteiger partial charge on any atom is -0.494 e. The van der Waals surface area contributed by atoms with Crippen LogP contribution >= 0.6 is 0 Å². The molecule has 1 heterocycles. The van der Waals surface area contributed by atoms with Gasteiger partial charge in [-0.1, -0.05) is 18.2 Å². The van der Waals surface area contributed by atoms with Gasteiger partial charge in [0.15, 0.2) is 0 Å². The van der Waals surface area contributed by atoms with Crippen LogP contribution in [0.4, 0.5) is 0 Å². The maximum absolute atomic E-state index is 9.28. The highest BCUT2D eigenvalue weighted by atomic mass is 16.5. The van der Waals surface area contributed by atoms with E-state index in [4.69, 9.17) is 9.47 Å². The number of morpholine rings is 1. The second-order valence-electron chi connectivity index (χ2n) is 5.93. The van der Waals surface area contributed by atoms with E-state index >= 15 is 0 Å². The van der Waals surface area contributed by atoms with Crippen LogP contribution in [-0.2, 0) is 4.74 Å². The van der Waals surface area contributed by atoms with E-state index in [0.717, 1.165) is 31.8 Å². The lowest BCUT2D eigenvalue weighted by Crippen LogP contribution is -2.54. The summed E-state index contributed by atoms with van der Waals surface area (Å²) in [5, 5.41) is 9.28. The van der Waals surface area contributed by atoms with Crippen LogP contribution in [0.3, 0.4) is 0 Å². The molecule has 0 aromatic heterocycles. The monoisotopic (exact) mass is 279 g/mol. The molecule has 1 aromatic rings. The van der Waals surface area contributed by atoms with Gasteiger partial charge in [-0.15, -0.1) is 0 Å². The number of rotatable bonds is 6. The van der Waals surface area contributed by atoms with Gasteiger partial charge in [-0.25, -0.2) is 0 Å². The number of aliphatic hydroxyl groups excluding tert-OH is 1. The number of ether oxygens (including phenoxy) is 2. The molecule has 4 nitrogen and oxygen atoms in total. The van der Waals surface area contributed by atoms with Gasteiger partial charge in [0, 0.05) is 19.6 Å². The third kappa shape index (κ3) is 4.78. The molecule has 112 valence electrons. The second-order valence-corrected chi connectivity index (χ2v) is 5.93. The van der Waals surface area contributed by atoms with E-state index in [9.17, 15) is 5.11 Å². The zero-order valence-corrected chi connectivity index (χ0v) is 12.4. The van der Waals surface area contributed by atoms with Crippen molar-refractivity contribution < 1.29 is 14.6 Å². The first kappa shape index (κ1) is 15.3. The summed E-state index contributed by atoms with van der Waals surface area (Å²) in [7, 11) is 0. The first-order chi connectivity index (χ1) is 9.59. The molecular formula is C16H25NO3. The number of para-hydroxylation sites is 1. The maximum Gasteiger partial charge on any atom is 0.119 e. The Bertz CT molecular complexity index is 394. The lowest BCUT2D eigenvalue weighted by atomic mass is 10.1. The molecule has 0 spiro atoms. The Kier molecular flexibility index (Phi) is 5.40. The van der Waals surface area contributed by atoms with E-state index in [0.29, 0.717) is 6.61 Å². The first-order valence-corrected chi connectivity index (χ1v) is 7.28. The summed E-state index contributed by atoms with van der Waals surface area (Å²) in [6.45, 7) is 7.60. The van der Waals surface area contributed by atoms with Crippen molar-refractivity contribution in [1.29, 1.82) is 0 Å². The predicted molar refractivity (Wildman–Crippen MR) is 79.0 cm³/mol. The van der Waals surface area contributed by atoms with Gasteiger partial charge < -0.3 is 14.6 Å². The van der Waals surface area contributed by atoms with Crippen LogP contribution in [-0.4, -0.2) is 54.6 Å². The Labute approximate surface area is 121 Å². The quantitative estimate of drug-likeness (QED) is 0.808. The summed E-state index contributed by atoms with van der Waals surface area (Å²) < 4.78 is 11.5. The van der Waals surface area contributed by atoms with Crippen LogP contribution in [0.25, 0.3) is 0 Å². The number of benzene rings is 1. The molecule has 0 bridgehead atoms. The van der Waals surface area contributed by atoms with Crippen molar-refractivity contribution in [3.8, 4) is 5.75 Å². The smallest absolute Gasteiger partial charge is 0.119 e. The highest BCUT2D eigenvalue weighted by Gasteiger charge is 2.32. The third-order valence-electron chi connectivity index (χ3n) is 3.39. The number of hydrogen-bond donors (Lipinski definition) is 1. The van der Waals surface area contributed by atoms with E-state index in [1.165, 1.54) is 0 Å². The van der Waals surface area contributed by atoms with E-state index < -0.39 is 0 Å². The average molecular weight is 279 g/mol. The number of hydrogen-bond acceptors (Lipinski definition) is 4. The summed E-state index contributed by atoms with van der Waals surface area (Å²) in [5.41, 5.74) is -0.189. The lowest BCUT2D eigenvalue weighted by Gasteiger charge is -2.42. The minimum absolute atomic E-state index is 0.0752. The van der Waals surface area contributed by atoms with Gasteiger partial charge in [0.2, 0.25) is 0 Å². The highest BCUT2D eigenvalue weighted by Crippen LogP contribution is 2.20. The molecule has 2 rings (SSSR count). The van der Waals surface area contributed by atoms with E-state index in [-0.39, 0.29) is 18.3 Å². The van der Waals surface area contributed by atoms with Gasteiger partial charge in [0.05, 0.1) is 24.9 Å². The van der Waals surface area contributed by atoms with Crippen LogP contribution < -0.4 is 4.74 Å². The Morgan fingerprint density at radius 3 is 2.80 bits per heavy atom. The van der Waals surface area contributed by atoms with E-state index in [2.05, 4.69) is 18.7 Å². The second kappa shape index (κ2) is 7.07. The number of aliphatic hydroxyl groups is 1. The van der Waals surface area contributed by atoms with Gasteiger partial charge in [0.1, 0.15) is 5.75 Å². The van der Waals surface area contributed by atoms with Crippen molar-refractivity contribution in [2.75, 3.05) is 32.8 Å². The van der Waals surface area contributed by atoms with Crippen molar-refractivity contribution in [3.05, 3.63) is 30.3 Å². The van der Waals surface area contributed by atoms with Crippen molar-refractivity contribution in [2.24, 2.45) is 0 Å². The molecule has 1 fully saturated rings. The molecule has 1 aromatic carbocycles. The SMILES string of the molecule is CC1(C)CN(CCCOc2ccccc2)CC(CO)O1. The van der Waals surface area contributed by atoms with Gasteiger partial charge in [-0.3, -0.25) is 4.90 Å². The van der Waals surface area contributed by atoms with Gasteiger partial charge >= 0.3 is 0 Å². The maximum atomic E-state index is 9.28. The summed E-state index contributed by atoms with van der Waals surface area (Å²) in [6.07, 6.45) is 0.900. The molecule has 1 atom stereocenters. The molecule has 0 saturated carbocycles. The van der Waals surface area contributed by atoms with Crippen molar-refractivity contribution >= 4 is 0 Å². The van der Waals surface area contributed by atoms with Crippen LogP contribution in [0.15, 0.2) is 30.3 Å². The van der Waals surface area contributed by atoms with Crippen LogP contribution in [0, 0.1) is 0 Å². The minimum atomic E-state index is -0.189. The molecule has 1 N–H and O–H groups in total. The standard InChI is InChI=1S/C16H25NO3/c1-16(2)13-17(11-15(12-18)20-16)9-6-10-19-14-7-4-3-5-8-14/h3-5,7-8,15,18H,6,9-13H2,1-2H3. The van der Waals surface area contributed by atoms with Gasteiger partial charge in [-0.2, -0.15) is 0 Å². The van der Waals surface area contributed by atoms with Crippen molar-refractivity contribution in [3.63, 3.8) is 0 Å². The molecule has 1 aliphatic rings. The van der Waals surface area contributed by atoms with Crippen LogP contribution in [0.2, 0.25) is 0 Å². The van der Waals surface area contributed by atoms with Crippen LogP contribution in [0.5, 0.6) is 5.75 Å². The average Bonchev–Trinajstić information content (AvgIpc) is 2.43. The Hall–Kier alpha value is -1.10. The number of nitrogens with zero attached hydrogens (tertiary/aromatic N) is 1. The van der Waals surface area contributed by atoms with E-state index in [1.54, 1.807) is 0 Å². The Balaban J connectivity index is 1.71. The highest BCUT2D eigenvalue weighted by molar-refractivity contribution is 5.20. The van der Waals surface area contributed by atoms with E-state index in [1.807, 2.05) is 30.3 Å². The Morgan fingerprint density at radius 2 is 2.10 bits per heavy atom. The molecule has 1 saturated heterocycles. The topological polar surface area (TPSA) is 41.9 Å². The van der Waals surface area contributed by atoms with Crippen molar-refractivity contribution in [1.82, 2.24) is 4.90 Å². The fourth-order valence-corrected chi connectivity index (χ4v) is 2.68. The summed E-state index contributed by atoms with van der Waals surface area (Å²) in [4.78, 5) is 2.35. The zero-order chi connectivity index (χ0) is 14.4. The molecule has 1 aliphatic heterocycles. The molecule has 20 heavy (non-hydrogen) atoms. The van der Waals surface area contributed by atoms with Gasteiger partial charge in [0.25, 0.3) is 0 Å². The van der Waals surface area contributed by atoms with Gasteiger partial charge in [-0.05, 0) is 32.4 Å². The molecule has 0 amide bonds. The molecular weight excluding hydrogens is 254 g/mol. The zero-order valence-electron chi connectivity index (χ0n) is 12.4. The fourth-order valence-electron chi connectivity index (χ4n) is 2.68. The third-order valence-corrected chi connectivity index (χ3v) is 3.39. The first-order valence-electron chi connectivity index (χ1n) is 7.28. The summed E-state index contributed by atoms with van der Waals surface area (Å²) >= 11 is 0. The largest absolute Gasteiger partial charge is 0.494 e. The Morgan fingerprint density at radius 1 is 1.35 bits per heavy atom. The summed E-state index contributed by atoms with van der Waals surface area (Å²) in [6, 6.07) is 9.88. The molecule has 4 heteroatoms. The fraction of sp³-hybridized carbons (Fsp3) is 0.625. The predicted octanol–water partition coefficient (Wildman–Crippen LogP) is 1.93.